The van der Waals surface area contributed by atoms with E-state index in [1.165, 1.54) is 26.3 Å². The van der Waals surface area contributed by atoms with Crippen LogP contribution >= 0.6 is 0 Å². The Morgan fingerprint density at radius 2 is 1.92 bits per heavy atom. The van der Waals surface area contributed by atoms with E-state index in [9.17, 15) is 36.0 Å². The van der Waals surface area contributed by atoms with Gasteiger partial charge in [0.1, 0.15) is 29.5 Å². The molecule has 50 heavy (non-hydrogen) atoms. The number of aromatic nitrogens is 1. The Hall–Kier alpha value is -4.61. The third-order valence-electron chi connectivity index (χ3n) is 9.03. The van der Waals surface area contributed by atoms with Crippen molar-refractivity contribution in [1.29, 1.82) is 0 Å². The topological polar surface area (TPSA) is 192 Å². The first-order valence-electron chi connectivity index (χ1n) is 15.8. The van der Waals surface area contributed by atoms with Crippen LogP contribution in [0.3, 0.4) is 0 Å². The van der Waals surface area contributed by atoms with Gasteiger partial charge in [-0.05, 0) is 69.7 Å². The van der Waals surface area contributed by atoms with E-state index in [0.29, 0.717) is 24.0 Å². The number of rotatable bonds is 12. The Morgan fingerprint density at radius 1 is 1.22 bits per heavy atom. The number of methoxy groups -OCH3 is 1. The van der Waals surface area contributed by atoms with Crippen LogP contribution in [-0.4, -0.2) is 96.5 Å². The van der Waals surface area contributed by atoms with Crippen molar-refractivity contribution >= 4 is 44.5 Å². The number of nitrogens with zero attached hydrogens (tertiary/aromatic N) is 3. The predicted molar refractivity (Wildman–Crippen MR) is 174 cm³/mol. The minimum absolute atomic E-state index is 0.0712. The van der Waals surface area contributed by atoms with Gasteiger partial charge in [0.15, 0.2) is 0 Å². The van der Waals surface area contributed by atoms with Crippen molar-refractivity contribution in [2.45, 2.75) is 87.2 Å². The number of fused-ring (bicyclic) bond motifs is 1. The summed E-state index contributed by atoms with van der Waals surface area (Å²) in [4.78, 5) is 50.3. The number of benzene rings is 1. The van der Waals surface area contributed by atoms with Crippen molar-refractivity contribution in [1.82, 2.24) is 19.9 Å². The predicted octanol–water partition coefficient (Wildman–Crippen LogP) is 2.32. The van der Waals surface area contributed by atoms with Gasteiger partial charge in [-0.25, -0.2) is 18.4 Å². The molecule has 2 saturated carbocycles. The summed E-state index contributed by atoms with van der Waals surface area (Å²) in [5.74, 6) is -2.29. The second kappa shape index (κ2) is 13.3. The van der Waals surface area contributed by atoms with Crippen LogP contribution in [0.2, 0.25) is 0 Å². The van der Waals surface area contributed by atoms with Gasteiger partial charge in [-0.1, -0.05) is 6.08 Å². The molecule has 0 radical (unpaired) electrons. The molecule has 5 atom stereocenters. The number of amidine groups is 1. The number of pyridine rings is 1. The Bertz CT molecular complexity index is 1830. The van der Waals surface area contributed by atoms with Crippen LogP contribution in [0.5, 0.6) is 11.6 Å². The number of hydrogen-bond donors (Lipinski definition) is 3. The highest BCUT2D eigenvalue weighted by molar-refractivity contribution is 7.91. The first-order valence-corrected chi connectivity index (χ1v) is 17.4. The van der Waals surface area contributed by atoms with Gasteiger partial charge in [0.25, 0.3) is 11.9 Å². The number of alkyl halides is 3. The van der Waals surface area contributed by atoms with Gasteiger partial charge in [-0.3, -0.25) is 19.1 Å². The smallest absolute Gasteiger partial charge is 0.427 e. The largest absolute Gasteiger partial charge is 0.497 e. The standard InChI is InChI=1S/C32H39F3N6O8S/c1-6-19-15-31(19,28(44)40-50(45,46)22-8-9-22)39-25(42)24-14-21(48-26-23-10-7-20(47-5)13-18(23)11-12-37-26)16-41(24)27(43)17(2)38-29(36)49-30(3,4)32(33,34)35/h6-7,10-13,17,19,21-22,24H,1,8-9,14-16H2,2-5H3,(H2,36,38)(H,39,42)(H,40,44). The molecule has 1 aromatic heterocycles. The highest BCUT2D eigenvalue weighted by Gasteiger charge is 2.62. The number of nitrogens with two attached hydrogens (primary N) is 1. The number of nitrogens with one attached hydrogen (secondary N) is 2. The van der Waals surface area contributed by atoms with Crippen molar-refractivity contribution in [3.63, 3.8) is 0 Å². The van der Waals surface area contributed by atoms with Gasteiger partial charge in [-0.2, -0.15) is 13.2 Å². The molecule has 2 aromatic rings. The lowest BCUT2D eigenvalue weighted by Gasteiger charge is -2.29. The van der Waals surface area contributed by atoms with Crippen molar-refractivity contribution in [3.05, 3.63) is 43.1 Å². The second-order valence-electron chi connectivity index (χ2n) is 13.1. The second-order valence-corrected chi connectivity index (χ2v) is 15.1. The molecular formula is C32H39F3N6O8S. The molecular weight excluding hydrogens is 685 g/mol. The molecule has 0 spiro atoms. The average molecular weight is 725 g/mol. The molecule has 2 heterocycles. The molecule has 5 unspecified atom stereocenters. The van der Waals surface area contributed by atoms with E-state index in [2.05, 4.69) is 26.6 Å². The SMILES string of the molecule is C=CC1CC1(NC(=O)C1CC(Oc2nccc3cc(OC)ccc23)CN1C(=O)C(C)N=C(N)OC(C)(C)C(F)(F)F)C(=O)NS(=O)(=O)C1CC1. The van der Waals surface area contributed by atoms with Gasteiger partial charge in [0.2, 0.25) is 33.3 Å². The number of aliphatic imine (C=N–C) groups is 1. The molecule has 4 N–H and O–H groups in total. The normalized spacial score (nSPS) is 24.7. The summed E-state index contributed by atoms with van der Waals surface area (Å²) < 4.78 is 83.6. The van der Waals surface area contributed by atoms with Gasteiger partial charge in [0, 0.05) is 23.9 Å². The summed E-state index contributed by atoms with van der Waals surface area (Å²) >= 11 is 0. The van der Waals surface area contributed by atoms with E-state index < -0.39 is 80.4 Å². The monoisotopic (exact) mass is 724 g/mol. The summed E-state index contributed by atoms with van der Waals surface area (Å²) in [6.07, 6.45) is -1.87. The highest BCUT2D eigenvalue weighted by Crippen LogP contribution is 2.45. The van der Waals surface area contributed by atoms with E-state index in [0.717, 1.165) is 24.1 Å². The van der Waals surface area contributed by atoms with Crippen LogP contribution < -0.4 is 25.2 Å². The third kappa shape index (κ3) is 7.44. The lowest BCUT2D eigenvalue weighted by atomic mass is 10.1. The number of hydrogen-bond acceptors (Lipinski definition) is 10. The Balaban J connectivity index is 1.40. The molecule has 1 aliphatic heterocycles. The average Bonchev–Trinajstić information content (AvgIpc) is 3.96. The zero-order valence-electron chi connectivity index (χ0n) is 27.8. The molecule has 3 fully saturated rings. The lowest BCUT2D eigenvalue weighted by Crippen LogP contribution is -2.57. The Kier molecular flexibility index (Phi) is 9.72. The van der Waals surface area contributed by atoms with E-state index in [-0.39, 0.29) is 25.3 Å². The summed E-state index contributed by atoms with van der Waals surface area (Å²) in [6.45, 7) is 6.28. The molecule has 3 aliphatic rings. The van der Waals surface area contributed by atoms with Crippen molar-refractivity contribution in [3.8, 4) is 11.6 Å². The fourth-order valence-electron chi connectivity index (χ4n) is 5.73. The molecule has 14 nitrogen and oxygen atoms in total. The number of sulfonamides is 1. The minimum Gasteiger partial charge on any atom is -0.497 e. The van der Waals surface area contributed by atoms with Gasteiger partial charge in [0.05, 0.1) is 18.9 Å². The molecule has 5 rings (SSSR count). The van der Waals surface area contributed by atoms with E-state index in [4.69, 9.17) is 19.9 Å². The number of ether oxygens (including phenoxy) is 3. The van der Waals surface area contributed by atoms with Crippen molar-refractivity contribution in [2.75, 3.05) is 13.7 Å². The maximum Gasteiger partial charge on any atom is 0.427 e. The van der Waals surface area contributed by atoms with Crippen molar-refractivity contribution in [2.24, 2.45) is 16.6 Å². The minimum atomic E-state index is -4.80. The van der Waals surface area contributed by atoms with E-state index >= 15 is 0 Å². The summed E-state index contributed by atoms with van der Waals surface area (Å²) in [5.41, 5.74) is 1.32. The third-order valence-corrected chi connectivity index (χ3v) is 10.9. The molecule has 0 bridgehead atoms. The number of carbonyl (C=O) groups is 3. The van der Waals surface area contributed by atoms with Gasteiger partial charge >= 0.3 is 6.18 Å². The first kappa shape index (κ1) is 36.7. The Labute approximate surface area is 286 Å². The zero-order chi connectivity index (χ0) is 36.8. The van der Waals surface area contributed by atoms with Gasteiger partial charge < -0.3 is 30.2 Å². The lowest BCUT2D eigenvalue weighted by molar-refractivity contribution is -0.239. The van der Waals surface area contributed by atoms with Crippen LogP contribution in [0, 0.1) is 5.92 Å². The molecule has 272 valence electrons. The van der Waals surface area contributed by atoms with Crippen LogP contribution in [0.4, 0.5) is 13.2 Å². The number of halogens is 3. The summed E-state index contributed by atoms with van der Waals surface area (Å²) in [5, 5.41) is 3.33. The maximum atomic E-state index is 14.0. The molecule has 3 amide bonds. The Morgan fingerprint density at radius 3 is 2.52 bits per heavy atom. The van der Waals surface area contributed by atoms with Crippen LogP contribution in [-0.2, 0) is 29.1 Å². The van der Waals surface area contributed by atoms with Crippen LogP contribution in [0.15, 0.2) is 48.1 Å². The maximum absolute atomic E-state index is 14.0. The highest BCUT2D eigenvalue weighted by atomic mass is 32.2. The fraction of sp³-hybridized carbons (Fsp3) is 0.531. The molecule has 18 heteroatoms. The van der Waals surface area contributed by atoms with Crippen LogP contribution in [0.25, 0.3) is 10.8 Å². The summed E-state index contributed by atoms with van der Waals surface area (Å²) in [6, 6.07) is 3.40. The quantitative estimate of drug-likeness (QED) is 0.166. The van der Waals surface area contributed by atoms with E-state index in [1.807, 2.05) is 0 Å². The van der Waals surface area contributed by atoms with Gasteiger partial charge in [-0.15, -0.1) is 6.58 Å². The summed E-state index contributed by atoms with van der Waals surface area (Å²) in [7, 11) is -2.42. The zero-order valence-corrected chi connectivity index (χ0v) is 28.6. The number of carbonyl (C=O) groups excluding carboxylic acids is 3. The van der Waals surface area contributed by atoms with E-state index in [1.54, 1.807) is 24.3 Å². The number of likely N-dealkylation sites (tertiary alicyclic amines) is 1. The molecule has 1 aromatic carbocycles. The molecule has 2 aliphatic carbocycles. The van der Waals surface area contributed by atoms with Crippen molar-refractivity contribution < 1.29 is 50.2 Å². The first-order chi connectivity index (χ1) is 23.3. The fourth-order valence-corrected chi connectivity index (χ4v) is 7.10. The van der Waals surface area contributed by atoms with Crippen LogP contribution in [0.1, 0.15) is 46.5 Å². The molecule has 1 saturated heterocycles. The number of amides is 3.